The monoisotopic (exact) mass is 1440 g/mol. The molecule has 0 amide bonds. The number of alkyl halides is 12. The van der Waals surface area contributed by atoms with E-state index in [0.29, 0.717) is 0 Å². The third kappa shape index (κ3) is 48.2. The van der Waals surface area contributed by atoms with Crippen molar-refractivity contribution in [1.82, 2.24) is 19.6 Å². The summed E-state index contributed by atoms with van der Waals surface area (Å²) in [5.74, 6) is 0. The van der Waals surface area contributed by atoms with Gasteiger partial charge < -0.3 is 0 Å². The molecule has 4 rings (SSSR count). The van der Waals surface area contributed by atoms with Crippen LogP contribution in [0.25, 0.3) is 0 Å². The molecule has 0 fully saturated rings. The molecule has 0 spiro atoms. The van der Waals surface area contributed by atoms with Gasteiger partial charge in [-0.3, -0.25) is 0 Å². The molecule has 0 bridgehead atoms. The van der Waals surface area contributed by atoms with Gasteiger partial charge in [0.05, 0.1) is 0 Å². The van der Waals surface area contributed by atoms with Gasteiger partial charge in [0.15, 0.2) is 17.2 Å². The molecule has 67 heavy (non-hydrogen) atoms. The van der Waals surface area contributed by atoms with E-state index in [4.69, 9.17) is 139 Å². The maximum atomic E-state index is 11.1. The Bertz CT molecular complexity index is 1660. The second-order valence-corrected chi connectivity index (χ2v) is 32.3. The van der Waals surface area contributed by atoms with Crippen molar-refractivity contribution in [1.29, 1.82) is 0 Å². The molecule has 4 aromatic carbocycles. The summed E-state index contributed by atoms with van der Waals surface area (Å²) in [6.07, 6.45) is 0. The zero-order valence-corrected chi connectivity index (χ0v) is 51.9. The molecule has 0 unspecified atom stereocenters. The summed E-state index contributed by atoms with van der Waals surface area (Å²) in [5.41, 5.74) is 4.97. The van der Waals surface area contributed by atoms with Crippen molar-refractivity contribution < 1.29 is 31.6 Å². The molecule has 4 aromatic rings. The Morgan fingerprint density at radius 1 is 0.358 bits per heavy atom. The van der Waals surface area contributed by atoms with Crippen LogP contribution in [0, 0.1) is 0 Å². The Kier molecular flexibility index (Phi) is 39.6. The van der Waals surface area contributed by atoms with Crippen LogP contribution in [0.4, 0.5) is 24.6 Å². The molecular weight excluding hydrogens is 1390 g/mol. The van der Waals surface area contributed by atoms with Crippen LogP contribution < -0.4 is 14.4 Å². The van der Waals surface area contributed by atoms with Gasteiger partial charge in [0, 0.05) is 0 Å². The second-order valence-electron chi connectivity index (χ2n) is 14.0. The van der Waals surface area contributed by atoms with E-state index in [2.05, 4.69) is 149 Å². The van der Waals surface area contributed by atoms with Gasteiger partial charge in [-0.15, -0.1) is 0 Å². The van der Waals surface area contributed by atoms with Gasteiger partial charge in [0.25, 0.3) is 0 Å². The number of hydrogen-bond donors (Lipinski definition) is 2. The first kappa shape index (κ1) is 72.7. The summed E-state index contributed by atoms with van der Waals surface area (Å²) in [7, 11) is 5.67. The topological polar surface area (TPSA) is 53.4 Å². The SMILES string of the molecule is CN(C)Cc1ccccc1[Te+](O)c1ccccc1CN(C)C.CN(C)Cc1ccccc1[Te+](O)c1ccccc1CN(C)C.ClC(Cl)Cl.ClC(Cl)Cl.ClC(Cl)Cl.ClC(Cl)Cl.F[Si-2](F)(F)(F)(F)F. The van der Waals surface area contributed by atoms with Gasteiger partial charge >= 0.3 is 316 Å². The summed E-state index contributed by atoms with van der Waals surface area (Å²) < 4.78 is 83.2. The third-order valence-electron chi connectivity index (χ3n) is 6.67. The molecule has 0 heterocycles. The van der Waals surface area contributed by atoms with Crippen LogP contribution in [0.5, 0.6) is 0 Å². The molecule has 6 nitrogen and oxygen atoms in total. The number of nitrogens with zero attached hydrogens (tertiary/aromatic N) is 4. The molecule has 27 heteroatoms. The second kappa shape index (κ2) is 36.4. The normalized spacial score (nSPS) is 12.2. The Morgan fingerprint density at radius 2 is 0.478 bits per heavy atom. The van der Waals surface area contributed by atoms with E-state index in [-0.39, 0.29) is 0 Å². The van der Waals surface area contributed by atoms with Gasteiger partial charge in [0.1, 0.15) is 0 Å². The van der Waals surface area contributed by atoms with E-state index < -0.39 is 65.7 Å². The Labute approximate surface area is 467 Å². The van der Waals surface area contributed by atoms with Gasteiger partial charge in [-0.25, -0.2) is 0 Å². The molecule has 0 aliphatic carbocycles. The Morgan fingerprint density at radius 3 is 0.597 bits per heavy atom. The van der Waals surface area contributed by atoms with E-state index in [0.717, 1.165) is 40.6 Å². The summed E-state index contributed by atoms with van der Waals surface area (Å²) in [6, 6.07) is 33.3. The van der Waals surface area contributed by atoms with Crippen molar-refractivity contribution in [3.8, 4) is 0 Å². The molecule has 0 saturated carbocycles. The molecule has 0 saturated heterocycles. The summed E-state index contributed by atoms with van der Waals surface area (Å²) >= 11 is 52.6. The summed E-state index contributed by atoms with van der Waals surface area (Å²) in [5, 5.41) is 0. The van der Waals surface area contributed by atoms with Crippen LogP contribution in [0.15, 0.2) is 97.1 Å². The number of halogens is 18. The molecule has 0 atom stereocenters. The third-order valence-corrected chi connectivity index (χ3v) is 16.0. The van der Waals surface area contributed by atoms with Gasteiger partial charge in [-0.05, 0) is 0 Å². The Hall–Kier alpha value is 1.50. The summed E-state index contributed by atoms with van der Waals surface area (Å²) in [6.45, 7) is 3.46. The predicted molar refractivity (Wildman–Crippen MR) is 288 cm³/mol. The zero-order chi connectivity index (χ0) is 52.9. The van der Waals surface area contributed by atoms with Gasteiger partial charge in [0.2, 0.25) is 0 Å². The van der Waals surface area contributed by atoms with Crippen molar-refractivity contribution in [2.45, 2.75) is 43.4 Å². The van der Waals surface area contributed by atoms with Crippen molar-refractivity contribution in [3.63, 3.8) is 0 Å². The predicted octanol–water partition coefficient (Wildman–Crippen LogP) is 11.9. The first-order chi connectivity index (χ1) is 30.3. The number of hydrogen-bond acceptors (Lipinski definition) is 6. The van der Waals surface area contributed by atoms with Crippen LogP contribution in [0.3, 0.4) is 0 Å². The molecule has 0 aliphatic heterocycles. The van der Waals surface area contributed by atoms with Crippen molar-refractivity contribution in [2.75, 3.05) is 56.4 Å². The van der Waals surface area contributed by atoms with Crippen molar-refractivity contribution >= 4 is 202 Å². The first-order valence-corrected chi connectivity index (χ1v) is 32.8. The van der Waals surface area contributed by atoms with E-state index in [1.807, 2.05) is 24.3 Å². The maximum absolute atomic E-state index is 11.1. The fourth-order valence-corrected chi connectivity index (χ4v) is 13.0. The van der Waals surface area contributed by atoms with E-state index in [1.54, 1.807) is 0 Å². The van der Waals surface area contributed by atoms with E-state index >= 15 is 0 Å². The van der Waals surface area contributed by atoms with Crippen LogP contribution in [0.2, 0.25) is 0 Å². The van der Waals surface area contributed by atoms with Crippen molar-refractivity contribution in [2.24, 2.45) is 0 Å². The minimum atomic E-state index is -10.8. The summed E-state index contributed by atoms with van der Waals surface area (Å²) in [4.78, 5) is 8.60. The average Bonchev–Trinajstić information content (AvgIpc) is 3.12. The molecule has 0 aromatic heterocycles. The van der Waals surface area contributed by atoms with Gasteiger partial charge in [-0.1, -0.05) is 139 Å². The van der Waals surface area contributed by atoms with Crippen LogP contribution >= 0.6 is 139 Å². The van der Waals surface area contributed by atoms with Crippen LogP contribution in [-0.4, -0.2) is 149 Å². The number of benzene rings is 4. The first-order valence-electron chi connectivity index (χ1n) is 18.5. The van der Waals surface area contributed by atoms with Crippen LogP contribution in [0.1, 0.15) is 22.3 Å². The van der Waals surface area contributed by atoms with Crippen LogP contribution in [-0.2, 0) is 26.2 Å². The fourth-order valence-electron chi connectivity index (χ4n) is 4.89. The fraction of sp³-hybridized carbons (Fsp3) is 0.400. The van der Waals surface area contributed by atoms with E-state index in [1.165, 1.54) is 22.3 Å². The minimum absolute atomic E-state index is 0.750. The standard InChI is InChI=1S/2C18H25N2OTe.4CHCl3.F6Si/c2*1-19(2)13-15-9-5-7-11-17(15)22(21)18-12-8-6-10-16(18)14-20(3)4;4*2-1(3)4;1-7(2,3,4,5)6/h2*5-12,21H,13-14H2,1-4H3;4*1H;/q2*+1;;;;;-2. The molecule has 0 aliphatic rings. The quantitative estimate of drug-likeness (QED) is 0.0638. The molecular formula is C40H54Cl12F6N4O2SiTe2. The zero-order valence-electron chi connectivity index (χ0n) is 37.2. The Balaban J connectivity index is -0.000000840. The molecule has 2 N–H and O–H groups in total. The molecule has 388 valence electrons. The van der Waals surface area contributed by atoms with Crippen molar-refractivity contribution in [3.05, 3.63) is 119 Å². The average molecular weight is 1450 g/mol. The van der Waals surface area contributed by atoms with E-state index in [9.17, 15) is 31.6 Å². The molecule has 0 radical (unpaired) electrons. The van der Waals surface area contributed by atoms with Gasteiger partial charge in [-0.2, -0.15) is 0 Å². The number of rotatable bonds is 12.